The Hall–Kier alpha value is -1.84. The highest BCUT2D eigenvalue weighted by Gasteiger charge is 2.10. The summed E-state index contributed by atoms with van der Waals surface area (Å²) in [6, 6.07) is 7.26. The minimum Gasteiger partial charge on any atom is -0.410 e. The van der Waals surface area contributed by atoms with Gasteiger partial charge in [0.05, 0.1) is 0 Å². The number of nitrogens with zero attached hydrogens (tertiary/aromatic N) is 1. The molecule has 4 heteroatoms. The number of imide groups is 1. The highest BCUT2D eigenvalue weighted by molar-refractivity contribution is 5.81. The number of hydrogen-bond acceptors (Lipinski definition) is 3. The maximum Gasteiger partial charge on any atom is 0.421 e. The van der Waals surface area contributed by atoms with Crippen LogP contribution in [0.4, 0.5) is 4.79 Å². The monoisotopic (exact) mass is 221 g/mol. The molecule has 0 spiro atoms. The van der Waals surface area contributed by atoms with E-state index in [1.165, 1.54) is 7.05 Å². The van der Waals surface area contributed by atoms with E-state index < -0.39 is 6.09 Å². The maximum atomic E-state index is 11.3. The van der Waals surface area contributed by atoms with E-state index in [1.54, 1.807) is 12.1 Å². The highest BCUT2D eigenvalue weighted by atomic mass is 16.6. The fraction of sp³-hybridized carbons (Fsp3) is 0.333. The third kappa shape index (κ3) is 3.08. The Morgan fingerprint density at radius 2 is 2.12 bits per heavy atom. The van der Waals surface area contributed by atoms with Crippen LogP contribution >= 0.6 is 0 Å². The van der Waals surface area contributed by atoms with Gasteiger partial charge in [0.2, 0.25) is 6.41 Å². The number of amides is 2. The van der Waals surface area contributed by atoms with Crippen molar-refractivity contribution in [3.8, 4) is 5.75 Å². The van der Waals surface area contributed by atoms with E-state index >= 15 is 0 Å². The van der Waals surface area contributed by atoms with Crippen LogP contribution in [0.1, 0.15) is 25.3 Å². The van der Waals surface area contributed by atoms with Crippen LogP contribution < -0.4 is 4.74 Å². The lowest BCUT2D eigenvalue weighted by Gasteiger charge is -2.11. The summed E-state index contributed by atoms with van der Waals surface area (Å²) in [7, 11) is 1.35. The molecule has 0 aliphatic heterocycles. The summed E-state index contributed by atoms with van der Waals surface area (Å²) in [5.41, 5.74) is 1.08. The smallest absolute Gasteiger partial charge is 0.410 e. The summed E-state index contributed by atoms with van der Waals surface area (Å²) >= 11 is 0. The highest BCUT2D eigenvalue weighted by Crippen LogP contribution is 2.20. The predicted octanol–water partition coefficient (Wildman–Crippen LogP) is 2.40. The third-order valence-electron chi connectivity index (χ3n) is 2.18. The summed E-state index contributed by atoms with van der Waals surface area (Å²) in [6.45, 7) is 4.11. The molecular formula is C12H15NO3. The second-order valence-electron chi connectivity index (χ2n) is 3.81. The first kappa shape index (κ1) is 12.2. The van der Waals surface area contributed by atoms with Crippen molar-refractivity contribution in [2.24, 2.45) is 0 Å². The Bertz CT molecular complexity index is 388. The van der Waals surface area contributed by atoms with Gasteiger partial charge in [-0.25, -0.2) is 4.79 Å². The molecule has 0 aliphatic carbocycles. The topological polar surface area (TPSA) is 46.6 Å². The van der Waals surface area contributed by atoms with E-state index in [0.29, 0.717) is 18.1 Å². The molecule has 4 nitrogen and oxygen atoms in total. The lowest BCUT2D eigenvalue weighted by molar-refractivity contribution is -0.115. The minimum atomic E-state index is -0.684. The number of ether oxygens (including phenoxy) is 1. The molecule has 0 radical (unpaired) electrons. The summed E-state index contributed by atoms with van der Waals surface area (Å²) in [5, 5.41) is 0. The van der Waals surface area contributed by atoms with Gasteiger partial charge >= 0.3 is 6.09 Å². The molecule has 0 N–H and O–H groups in total. The molecule has 0 unspecified atom stereocenters. The number of carbonyl (C=O) groups excluding carboxylic acids is 2. The number of rotatable bonds is 3. The lowest BCUT2D eigenvalue weighted by Crippen LogP contribution is -2.28. The number of benzene rings is 1. The van der Waals surface area contributed by atoms with Crippen LogP contribution in [0.2, 0.25) is 0 Å². The molecule has 0 saturated heterocycles. The van der Waals surface area contributed by atoms with E-state index in [9.17, 15) is 9.59 Å². The van der Waals surface area contributed by atoms with E-state index in [0.717, 1.165) is 10.5 Å². The summed E-state index contributed by atoms with van der Waals surface area (Å²) in [5.74, 6) is 0.812. The van der Waals surface area contributed by atoms with Gasteiger partial charge in [-0.15, -0.1) is 0 Å². The van der Waals surface area contributed by atoms with Gasteiger partial charge in [0, 0.05) is 7.05 Å². The molecule has 0 heterocycles. The Balaban J connectivity index is 2.78. The molecule has 1 rings (SSSR count). The number of hydrogen-bond donors (Lipinski definition) is 0. The van der Waals surface area contributed by atoms with Gasteiger partial charge in [0.25, 0.3) is 0 Å². The third-order valence-corrected chi connectivity index (χ3v) is 2.18. The lowest BCUT2D eigenvalue weighted by atomic mass is 10.0. The molecule has 1 aromatic carbocycles. The van der Waals surface area contributed by atoms with Gasteiger partial charge in [-0.3, -0.25) is 9.69 Å². The number of carbonyl (C=O) groups is 2. The molecule has 2 amide bonds. The normalized spacial score (nSPS) is 10.0. The van der Waals surface area contributed by atoms with Crippen molar-refractivity contribution in [3.63, 3.8) is 0 Å². The van der Waals surface area contributed by atoms with E-state index in [2.05, 4.69) is 13.8 Å². The van der Waals surface area contributed by atoms with Crippen molar-refractivity contribution >= 4 is 12.5 Å². The standard InChI is InChI=1S/C12H15NO3/c1-9(2)10-5-4-6-11(7-10)16-12(15)13(3)8-14/h4-9H,1-3H3. The SMILES string of the molecule is CC(C)c1cccc(OC(=O)N(C)C=O)c1. The Morgan fingerprint density at radius 3 is 2.69 bits per heavy atom. The Kier molecular flexibility index (Phi) is 4.05. The maximum absolute atomic E-state index is 11.3. The molecule has 0 aliphatic rings. The second-order valence-corrected chi connectivity index (χ2v) is 3.81. The van der Waals surface area contributed by atoms with E-state index in [-0.39, 0.29) is 0 Å². The fourth-order valence-corrected chi connectivity index (χ4v) is 1.15. The van der Waals surface area contributed by atoms with Gasteiger partial charge in [0.1, 0.15) is 5.75 Å². The molecule has 86 valence electrons. The first-order valence-corrected chi connectivity index (χ1v) is 5.04. The first-order valence-electron chi connectivity index (χ1n) is 5.04. The fourth-order valence-electron chi connectivity index (χ4n) is 1.15. The average molecular weight is 221 g/mol. The summed E-state index contributed by atoms with van der Waals surface area (Å²) in [6.07, 6.45) is -0.273. The van der Waals surface area contributed by atoms with E-state index in [1.807, 2.05) is 12.1 Å². The largest absolute Gasteiger partial charge is 0.421 e. The van der Waals surface area contributed by atoms with Crippen LogP contribution in [0.3, 0.4) is 0 Å². The molecule has 0 aromatic heterocycles. The molecule has 0 atom stereocenters. The van der Waals surface area contributed by atoms with Crippen LogP contribution in [0.5, 0.6) is 5.75 Å². The van der Waals surface area contributed by atoms with Gasteiger partial charge in [0.15, 0.2) is 0 Å². The second kappa shape index (κ2) is 5.30. The van der Waals surface area contributed by atoms with E-state index in [4.69, 9.17) is 4.74 Å². The molecular weight excluding hydrogens is 206 g/mol. The zero-order valence-electron chi connectivity index (χ0n) is 9.64. The van der Waals surface area contributed by atoms with Gasteiger partial charge in [-0.1, -0.05) is 26.0 Å². The van der Waals surface area contributed by atoms with Crippen molar-refractivity contribution in [3.05, 3.63) is 29.8 Å². The van der Waals surface area contributed by atoms with Crippen molar-refractivity contribution in [1.82, 2.24) is 4.90 Å². The van der Waals surface area contributed by atoms with Gasteiger partial charge in [-0.2, -0.15) is 0 Å². The van der Waals surface area contributed by atoms with Crippen LogP contribution in [-0.4, -0.2) is 24.5 Å². The van der Waals surface area contributed by atoms with Crippen LogP contribution in [0.15, 0.2) is 24.3 Å². The molecule has 1 aromatic rings. The van der Waals surface area contributed by atoms with Gasteiger partial charge in [-0.05, 0) is 23.6 Å². The molecule has 0 bridgehead atoms. The quantitative estimate of drug-likeness (QED) is 0.736. The Morgan fingerprint density at radius 1 is 1.44 bits per heavy atom. The van der Waals surface area contributed by atoms with Crippen molar-refractivity contribution < 1.29 is 14.3 Å². The van der Waals surface area contributed by atoms with Crippen LogP contribution in [0, 0.1) is 0 Å². The van der Waals surface area contributed by atoms with Crippen molar-refractivity contribution in [2.75, 3.05) is 7.05 Å². The molecule has 0 fully saturated rings. The van der Waals surface area contributed by atoms with Crippen molar-refractivity contribution in [1.29, 1.82) is 0 Å². The predicted molar refractivity (Wildman–Crippen MR) is 60.4 cm³/mol. The summed E-state index contributed by atoms with van der Waals surface area (Å²) in [4.78, 5) is 22.5. The van der Waals surface area contributed by atoms with Crippen molar-refractivity contribution in [2.45, 2.75) is 19.8 Å². The summed E-state index contributed by atoms with van der Waals surface area (Å²) < 4.78 is 5.01. The zero-order chi connectivity index (χ0) is 12.1. The van der Waals surface area contributed by atoms with Gasteiger partial charge < -0.3 is 4.74 Å². The molecule has 16 heavy (non-hydrogen) atoms. The zero-order valence-corrected chi connectivity index (χ0v) is 9.64. The molecule has 0 saturated carbocycles. The van der Waals surface area contributed by atoms with Crippen LogP contribution in [0.25, 0.3) is 0 Å². The average Bonchev–Trinajstić information content (AvgIpc) is 2.28. The minimum absolute atomic E-state index is 0.363. The van der Waals surface area contributed by atoms with Crippen LogP contribution in [-0.2, 0) is 4.79 Å². The first-order chi connectivity index (χ1) is 7.54. The Labute approximate surface area is 94.8 Å².